The smallest absolute Gasteiger partial charge is 0.352 e. The molecule has 3 aromatic rings. The highest BCUT2D eigenvalue weighted by Gasteiger charge is 2.36. The Labute approximate surface area is 200 Å². The zero-order valence-electron chi connectivity index (χ0n) is 19.3. The highest BCUT2D eigenvalue weighted by molar-refractivity contribution is 6.02. The molecular weight excluding hydrogens is 459 g/mol. The van der Waals surface area contributed by atoms with Crippen LogP contribution in [0.1, 0.15) is 37.5 Å². The van der Waals surface area contributed by atoms with Crippen LogP contribution in [-0.2, 0) is 6.18 Å². The molecule has 0 unspecified atom stereocenters. The summed E-state index contributed by atoms with van der Waals surface area (Å²) in [5, 5.41) is 11.0. The van der Waals surface area contributed by atoms with Gasteiger partial charge in [0.15, 0.2) is 11.5 Å². The molecule has 1 aliphatic rings. The van der Waals surface area contributed by atoms with E-state index in [1.807, 2.05) is 36.9 Å². The van der Waals surface area contributed by atoms with E-state index in [0.29, 0.717) is 24.6 Å². The van der Waals surface area contributed by atoms with Gasteiger partial charge in [-0.25, -0.2) is 0 Å². The van der Waals surface area contributed by atoms with E-state index in [2.05, 4.69) is 15.5 Å². The number of anilines is 2. The molecule has 0 radical (unpaired) electrons. The number of carbonyl (C=O) groups excluding carboxylic acids is 2. The number of carbonyl (C=O) groups is 2. The lowest BCUT2D eigenvalue weighted by molar-refractivity contribution is -0.138. The number of piperazine rings is 1. The zero-order valence-corrected chi connectivity index (χ0v) is 19.3. The second-order valence-electron chi connectivity index (χ2n) is 8.35. The van der Waals surface area contributed by atoms with E-state index >= 15 is 0 Å². The van der Waals surface area contributed by atoms with E-state index < -0.39 is 17.6 Å². The Hall–Kier alpha value is -3.95. The third-order valence-corrected chi connectivity index (χ3v) is 6.00. The van der Waals surface area contributed by atoms with Crippen LogP contribution in [0.3, 0.4) is 0 Å². The Morgan fingerprint density at radius 3 is 2.23 bits per heavy atom. The maximum atomic E-state index is 13.3. The average molecular weight is 483 g/mol. The number of alkyl halides is 3. The standard InChI is InChI=1S/C25H24F3N5O2/c1-16-7-8-18(15-17(16)2)29-23(34)21-9-10-22(31-30-21)32-11-13-33(14-12-32)24(35)19-5-3-4-6-20(19)25(26,27)28/h3-10,15H,11-14H2,1-2H3,(H,29,34). The molecule has 0 aliphatic carbocycles. The molecule has 35 heavy (non-hydrogen) atoms. The molecule has 10 heteroatoms. The fourth-order valence-electron chi connectivity index (χ4n) is 3.86. The van der Waals surface area contributed by atoms with Gasteiger partial charge in [0.25, 0.3) is 11.8 Å². The van der Waals surface area contributed by atoms with Crippen LogP contribution in [0.2, 0.25) is 0 Å². The summed E-state index contributed by atoms with van der Waals surface area (Å²) in [6, 6.07) is 13.6. The quantitative estimate of drug-likeness (QED) is 0.598. The fraction of sp³-hybridized carbons (Fsp3) is 0.280. The van der Waals surface area contributed by atoms with Gasteiger partial charge in [0.2, 0.25) is 0 Å². The van der Waals surface area contributed by atoms with Crippen molar-refractivity contribution in [1.29, 1.82) is 0 Å². The fourth-order valence-corrected chi connectivity index (χ4v) is 3.86. The summed E-state index contributed by atoms with van der Waals surface area (Å²) in [5.74, 6) is -0.511. The van der Waals surface area contributed by atoms with Crippen LogP contribution in [0.4, 0.5) is 24.7 Å². The Balaban J connectivity index is 1.37. The molecule has 2 heterocycles. The van der Waals surface area contributed by atoms with E-state index in [4.69, 9.17) is 0 Å². The lowest BCUT2D eigenvalue weighted by atomic mass is 10.1. The summed E-state index contributed by atoms with van der Waals surface area (Å²) in [7, 11) is 0. The first-order chi connectivity index (χ1) is 16.6. The highest BCUT2D eigenvalue weighted by Crippen LogP contribution is 2.32. The van der Waals surface area contributed by atoms with Gasteiger partial charge < -0.3 is 15.1 Å². The minimum Gasteiger partial charge on any atom is -0.352 e. The van der Waals surface area contributed by atoms with E-state index in [1.54, 1.807) is 12.1 Å². The number of benzene rings is 2. The van der Waals surface area contributed by atoms with Gasteiger partial charge in [-0.2, -0.15) is 13.2 Å². The van der Waals surface area contributed by atoms with Gasteiger partial charge in [-0.3, -0.25) is 9.59 Å². The predicted molar refractivity (Wildman–Crippen MR) is 125 cm³/mol. The topological polar surface area (TPSA) is 78.4 Å². The molecule has 1 saturated heterocycles. The molecular formula is C25H24F3N5O2. The van der Waals surface area contributed by atoms with E-state index in [-0.39, 0.29) is 30.3 Å². The third kappa shape index (κ3) is 5.42. The summed E-state index contributed by atoms with van der Waals surface area (Å²) in [6.07, 6.45) is -4.60. The molecule has 0 bridgehead atoms. The van der Waals surface area contributed by atoms with Gasteiger partial charge in [-0.15, -0.1) is 10.2 Å². The molecule has 0 spiro atoms. The van der Waals surface area contributed by atoms with Gasteiger partial charge in [-0.1, -0.05) is 18.2 Å². The van der Waals surface area contributed by atoms with E-state index in [0.717, 1.165) is 17.2 Å². The second-order valence-corrected chi connectivity index (χ2v) is 8.35. The highest BCUT2D eigenvalue weighted by atomic mass is 19.4. The lowest BCUT2D eigenvalue weighted by Crippen LogP contribution is -2.49. The number of hydrogen-bond acceptors (Lipinski definition) is 5. The first-order valence-corrected chi connectivity index (χ1v) is 11.1. The van der Waals surface area contributed by atoms with Gasteiger partial charge >= 0.3 is 6.18 Å². The van der Waals surface area contributed by atoms with Crippen LogP contribution in [0.15, 0.2) is 54.6 Å². The Bertz CT molecular complexity index is 1240. The molecule has 0 atom stereocenters. The van der Waals surface area contributed by atoms with Crippen LogP contribution in [0.25, 0.3) is 0 Å². The number of aromatic nitrogens is 2. The average Bonchev–Trinajstić information content (AvgIpc) is 2.85. The molecule has 1 aromatic heterocycles. The monoisotopic (exact) mass is 483 g/mol. The number of nitrogens with one attached hydrogen (secondary N) is 1. The molecule has 4 rings (SSSR count). The minimum absolute atomic E-state index is 0.157. The first-order valence-electron chi connectivity index (χ1n) is 11.1. The molecule has 1 aliphatic heterocycles. The maximum Gasteiger partial charge on any atom is 0.417 e. The SMILES string of the molecule is Cc1ccc(NC(=O)c2ccc(N3CCN(C(=O)c4ccccc4C(F)(F)F)CC3)nn2)cc1C. The van der Waals surface area contributed by atoms with E-state index in [1.165, 1.54) is 23.1 Å². The molecule has 7 nitrogen and oxygen atoms in total. The van der Waals surface area contributed by atoms with Gasteiger partial charge in [0, 0.05) is 31.9 Å². The molecule has 0 saturated carbocycles. The van der Waals surface area contributed by atoms with E-state index in [9.17, 15) is 22.8 Å². The van der Waals surface area contributed by atoms with Crippen molar-refractivity contribution >= 4 is 23.3 Å². The Morgan fingerprint density at radius 1 is 0.886 bits per heavy atom. The van der Waals surface area contributed by atoms with Crippen LogP contribution in [-0.4, -0.2) is 53.1 Å². The van der Waals surface area contributed by atoms with Crippen molar-refractivity contribution < 1.29 is 22.8 Å². The van der Waals surface area contributed by atoms with Crippen molar-refractivity contribution in [3.63, 3.8) is 0 Å². The summed E-state index contributed by atoms with van der Waals surface area (Å²) in [5.41, 5.74) is 1.71. The predicted octanol–water partition coefficient (Wildman–Crippen LogP) is 4.33. The largest absolute Gasteiger partial charge is 0.417 e. The number of nitrogens with zero attached hydrogens (tertiary/aromatic N) is 4. The number of amides is 2. The third-order valence-electron chi connectivity index (χ3n) is 6.00. The molecule has 182 valence electrons. The zero-order chi connectivity index (χ0) is 25.2. The first kappa shape index (κ1) is 24.2. The van der Waals surface area contributed by atoms with Gasteiger partial charge in [0.05, 0.1) is 11.1 Å². The van der Waals surface area contributed by atoms with Crippen molar-refractivity contribution in [1.82, 2.24) is 15.1 Å². The number of halogens is 3. The maximum absolute atomic E-state index is 13.3. The van der Waals surface area contributed by atoms with Crippen molar-refractivity contribution in [2.45, 2.75) is 20.0 Å². The molecule has 2 aromatic carbocycles. The Morgan fingerprint density at radius 2 is 1.60 bits per heavy atom. The van der Waals surface area contributed by atoms with Crippen LogP contribution in [0.5, 0.6) is 0 Å². The summed E-state index contributed by atoms with van der Waals surface area (Å²) >= 11 is 0. The Kier molecular flexibility index (Phi) is 6.72. The molecule has 1 N–H and O–H groups in total. The van der Waals surface area contributed by atoms with Crippen molar-refractivity contribution in [3.05, 3.63) is 82.5 Å². The minimum atomic E-state index is -4.60. The van der Waals surface area contributed by atoms with Crippen molar-refractivity contribution in [3.8, 4) is 0 Å². The summed E-state index contributed by atoms with van der Waals surface area (Å²) < 4.78 is 39.8. The second kappa shape index (κ2) is 9.73. The number of aryl methyl sites for hydroxylation is 2. The van der Waals surface area contributed by atoms with Crippen LogP contribution in [0, 0.1) is 13.8 Å². The number of rotatable bonds is 4. The van der Waals surface area contributed by atoms with Crippen LogP contribution >= 0.6 is 0 Å². The number of hydrogen-bond donors (Lipinski definition) is 1. The lowest BCUT2D eigenvalue weighted by Gasteiger charge is -2.35. The normalized spacial score (nSPS) is 14.1. The van der Waals surface area contributed by atoms with Crippen LogP contribution < -0.4 is 10.2 Å². The van der Waals surface area contributed by atoms with Crippen molar-refractivity contribution in [2.24, 2.45) is 0 Å². The molecule has 1 fully saturated rings. The van der Waals surface area contributed by atoms with Crippen molar-refractivity contribution in [2.75, 3.05) is 36.4 Å². The summed E-state index contributed by atoms with van der Waals surface area (Å²) in [4.78, 5) is 28.5. The van der Waals surface area contributed by atoms with Gasteiger partial charge in [0.1, 0.15) is 0 Å². The molecule has 2 amide bonds. The van der Waals surface area contributed by atoms with Gasteiger partial charge in [-0.05, 0) is 61.4 Å². The summed E-state index contributed by atoms with van der Waals surface area (Å²) in [6.45, 7) is 5.18.